The number of Topliss-reactive ketones (excluding diaryl/α,β-unsaturated/α-hetero) is 1. The van der Waals surface area contributed by atoms with Crippen LogP contribution in [0.1, 0.15) is 17.3 Å². The fraction of sp³-hybridized carbons (Fsp3) is 0.154. The van der Waals surface area contributed by atoms with E-state index in [1.54, 1.807) is 28.3 Å². The number of nitrogens with zero attached hydrogens (tertiary/aromatic N) is 2. The summed E-state index contributed by atoms with van der Waals surface area (Å²) in [6.07, 6.45) is 1.71. The van der Waals surface area contributed by atoms with Crippen molar-refractivity contribution >= 4 is 40.0 Å². The number of hydrogen-bond acceptors (Lipinski definition) is 4. The van der Waals surface area contributed by atoms with Crippen LogP contribution in [-0.2, 0) is 11.3 Å². The van der Waals surface area contributed by atoms with Gasteiger partial charge in [-0.1, -0.05) is 0 Å². The summed E-state index contributed by atoms with van der Waals surface area (Å²) in [5.41, 5.74) is 0.505. The molecular weight excluding hydrogens is 344 g/mol. The number of thiazole rings is 1. The van der Waals surface area contributed by atoms with Gasteiger partial charge in [-0.25, -0.2) is 0 Å². The molecule has 1 aromatic carbocycles. The smallest absolute Gasteiger partial charge is 0.245 e. The van der Waals surface area contributed by atoms with Gasteiger partial charge in [0.1, 0.15) is 5.75 Å². The summed E-state index contributed by atoms with van der Waals surface area (Å²) < 4.78 is 1.63. The van der Waals surface area contributed by atoms with Gasteiger partial charge in [0.25, 0.3) is 0 Å². The predicted molar refractivity (Wildman–Crippen MR) is 81.3 cm³/mol. The molecule has 0 radical (unpaired) electrons. The van der Waals surface area contributed by atoms with Gasteiger partial charge in [0.2, 0.25) is 5.91 Å². The molecular formula is C13H13BrN2O3S. The highest BCUT2D eigenvalue weighted by Crippen LogP contribution is 2.10. The number of phenolic OH excluding ortho intramolecular Hbond substituents is 1. The topological polar surface area (TPSA) is 71.7 Å². The van der Waals surface area contributed by atoms with Crippen LogP contribution in [0.5, 0.6) is 5.75 Å². The number of carbonyl (C=O) groups excluding carboxylic acids is 2. The minimum atomic E-state index is -0.298. The maximum absolute atomic E-state index is 12.0. The third-order valence-electron chi connectivity index (χ3n) is 2.42. The van der Waals surface area contributed by atoms with Gasteiger partial charge in [-0.3, -0.25) is 9.59 Å². The third kappa shape index (κ3) is 4.14. The number of ketones is 1. The van der Waals surface area contributed by atoms with E-state index in [1.165, 1.54) is 30.4 Å². The van der Waals surface area contributed by atoms with Crippen molar-refractivity contribution in [1.82, 2.24) is 4.57 Å². The Labute approximate surface area is 130 Å². The van der Waals surface area contributed by atoms with E-state index in [2.05, 4.69) is 4.99 Å². The molecule has 0 bridgehead atoms. The van der Waals surface area contributed by atoms with Crippen LogP contribution < -0.4 is 4.80 Å². The van der Waals surface area contributed by atoms with Crippen molar-refractivity contribution in [2.75, 3.05) is 0 Å². The number of hydrogen-bond donors (Lipinski definition) is 1. The van der Waals surface area contributed by atoms with Gasteiger partial charge in [-0.05, 0) is 24.3 Å². The van der Waals surface area contributed by atoms with E-state index in [0.29, 0.717) is 10.4 Å². The van der Waals surface area contributed by atoms with Crippen LogP contribution in [0.3, 0.4) is 0 Å². The normalized spacial score (nSPS) is 10.9. The first kappa shape index (κ1) is 16.3. The van der Waals surface area contributed by atoms with Gasteiger partial charge in [0.15, 0.2) is 10.6 Å². The largest absolute Gasteiger partial charge is 0.508 e. The fourth-order valence-electron chi connectivity index (χ4n) is 1.54. The molecule has 2 aromatic rings. The number of aromatic nitrogens is 1. The Balaban J connectivity index is 0.00000200. The van der Waals surface area contributed by atoms with Crippen LogP contribution in [0.15, 0.2) is 40.8 Å². The summed E-state index contributed by atoms with van der Waals surface area (Å²) in [5, 5.41) is 10.9. The van der Waals surface area contributed by atoms with Gasteiger partial charge < -0.3 is 9.67 Å². The molecule has 1 N–H and O–H groups in total. The van der Waals surface area contributed by atoms with E-state index in [0.717, 1.165) is 0 Å². The molecule has 0 fully saturated rings. The summed E-state index contributed by atoms with van der Waals surface area (Å²) in [5.74, 6) is -0.288. The summed E-state index contributed by atoms with van der Waals surface area (Å²) >= 11 is 1.30. The van der Waals surface area contributed by atoms with Gasteiger partial charge >= 0.3 is 0 Å². The molecule has 106 valence electrons. The Bertz CT molecular complexity index is 673. The lowest BCUT2D eigenvalue weighted by Crippen LogP contribution is -2.20. The minimum Gasteiger partial charge on any atom is -0.508 e. The zero-order chi connectivity index (χ0) is 13.8. The van der Waals surface area contributed by atoms with Crippen molar-refractivity contribution in [2.24, 2.45) is 4.99 Å². The second-order valence-electron chi connectivity index (χ2n) is 3.91. The van der Waals surface area contributed by atoms with Crippen LogP contribution in [0, 0.1) is 0 Å². The highest BCUT2D eigenvalue weighted by molar-refractivity contribution is 8.93. The van der Waals surface area contributed by atoms with E-state index in [9.17, 15) is 14.7 Å². The van der Waals surface area contributed by atoms with E-state index >= 15 is 0 Å². The quantitative estimate of drug-likeness (QED) is 0.856. The van der Waals surface area contributed by atoms with Crippen molar-refractivity contribution < 1.29 is 14.7 Å². The molecule has 1 aromatic heterocycles. The zero-order valence-corrected chi connectivity index (χ0v) is 13.2. The molecule has 1 heterocycles. The van der Waals surface area contributed by atoms with Crippen LogP contribution in [0.2, 0.25) is 0 Å². The molecule has 1 amide bonds. The first-order valence-electron chi connectivity index (χ1n) is 5.58. The standard InChI is InChI=1S/C13H12N2O3S.BrH/c1-9(16)14-13-15(6-7-19-13)8-12(18)10-2-4-11(17)5-3-10;/h2-7,17H,8H2,1H3;1H. The highest BCUT2D eigenvalue weighted by atomic mass is 79.9. The number of phenols is 1. The number of amides is 1. The zero-order valence-electron chi connectivity index (χ0n) is 10.6. The highest BCUT2D eigenvalue weighted by Gasteiger charge is 2.08. The molecule has 0 aliphatic heterocycles. The van der Waals surface area contributed by atoms with E-state index in [-0.39, 0.29) is 41.0 Å². The molecule has 5 nitrogen and oxygen atoms in total. The fourth-order valence-corrected chi connectivity index (χ4v) is 2.31. The van der Waals surface area contributed by atoms with E-state index in [4.69, 9.17) is 0 Å². The molecule has 2 rings (SSSR count). The second kappa shape index (κ2) is 7.16. The average molecular weight is 357 g/mol. The number of aromatic hydroxyl groups is 1. The predicted octanol–water partition coefficient (Wildman–Crippen LogP) is 2.16. The summed E-state index contributed by atoms with van der Waals surface area (Å²) in [4.78, 5) is 27.3. The number of carbonyl (C=O) groups is 2. The van der Waals surface area contributed by atoms with Crippen LogP contribution in [0.25, 0.3) is 0 Å². The van der Waals surface area contributed by atoms with Crippen molar-refractivity contribution in [3.05, 3.63) is 46.2 Å². The lowest BCUT2D eigenvalue weighted by atomic mass is 10.1. The maximum atomic E-state index is 12.0. The number of rotatable bonds is 3. The maximum Gasteiger partial charge on any atom is 0.245 e. The summed E-state index contributed by atoms with van der Waals surface area (Å²) in [6, 6.07) is 6.05. The van der Waals surface area contributed by atoms with Crippen molar-refractivity contribution in [3.63, 3.8) is 0 Å². The second-order valence-corrected chi connectivity index (χ2v) is 4.79. The molecule has 0 saturated carbocycles. The SMILES string of the molecule is Br.CC(=O)N=c1sccn1CC(=O)c1ccc(O)cc1. The Morgan fingerprint density at radius 1 is 1.30 bits per heavy atom. The lowest BCUT2D eigenvalue weighted by molar-refractivity contribution is -0.116. The van der Waals surface area contributed by atoms with Crippen LogP contribution >= 0.6 is 28.3 Å². The number of halogens is 1. The van der Waals surface area contributed by atoms with Crippen molar-refractivity contribution in [3.8, 4) is 5.75 Å². The molecule has 0 aliphatic carbocycles. The molecule has 0 aliphatic rings. The van der Waals surface area contributed by atoms with E-state index < -0.39 is 0 Å². The molecule has 7 heteroatoms. The van der Waals surface area contributed by atoms with Crippen LogP contribution in [-0.4, -0.2) is 21.4 Å². The van der Waals surface area contributed by atoms with Crippen LogP contribution in [0.4, 0.5) is 0 Å². The van der Waals surface area contributed by atoms with Crippen molar-refractivity contribution in [1.29, 1.82) is 0 Å². The Hall–Kier alpha value is -1.73. The van der Waals surface area contributed by atoms with Gasteiger partial charge in [0.05, 0.1) is 6.54 Å². The number of benzene rings is 1. The Kier molecular flexibility index (Phi) is 5.84. The van der Waals surface area contributed by atoms with Gasteiger partial charge in [0, 0.05) is 24.1 Å². The van der Waals surface area contributed by atoms with E-state index in [1.807, 2.05) is 0 Å². The summed E-state index contributed by atoms with van der Waals surface area (Å²) in [6.45, 7) is 1.48. The summed E-state index contributed by atoms with van der Waals surface area (Å²) in [7, 11) is 0. The average Bonchev–Trinajstić information content (AvgIpc) is 2.76. The van der Waals surface area contributed by atoms with Crippen molar-refractivity contribution in [2.45, 2.75) is 13.5 Å². The monoisotopic (exact) mass is 356 g/mol. The first-order chi connectivity index (χ1) is 9.06. The Morgan fingerprint density at radius 3 is 2.55 bits per heavy atom. The van der Waals surface area contributed by atoms with Gasteiger partial charge in [-0.15, -0.1) is 28.3 Å². The van der Waals surface area contributed by atoms with Gasteiger partial charge in [-0.2, -0.15) is 4.99 Å². The third-order valence-corrected chi connectivity index (χ3v) is 3.21. The first-order valence-corrected chi connectivity index (χ1v) is 6.45. The molecule has 0 unspecified atom stereocenters. The Morgan fingerprint density at radius 2 is 1.95 bits per heavy atom. The molecule has 0 atom stereocenters. The molecule has 0 spiro atoms. The lowest BCUT2D eigenvalue weighted by Gasteiger charge is -2.02. The minimum absolute atomic E-state index is 0. The molecule has 0 saturated heterocycles. The molecule has 20 heavy (non-hydrogen) atoms.